The molecule has 1 aromatic heterocycles. The minimum Gasteiger partial charge on any atom is -0.324 e. The smallest absolute Gasteiger partial charge is 0.287 e. The fraction of sp³-hybridized carbons (Fsp3) is 0.312. The molecule has 2 aromatic rings. The molecule has 0 saturated carbocycles. The Morgan fingerprint density at radius 1 is 1.30 bits per heavy atom. The highest BCUT2D eigenvalue weighted by molar-refractivity contribution is 6.41. The molecule has 7 heteroatoms. The van der Waals surface area contributed by atoms with E-state index in [4.69, 9.17) is 23.2 Å². The van der Waals surface area contributed by atoms with Crippen LogP contribution >= 0.6 is 23.2 Å². The number of hydrogen-bond acceptors (Lipinski definition) is 3. The van der Waals surface area contributed by atoms with E-state index < -0.39 is 5.56 Å². The van der Waals surface area contributed by atoms with Gasteiger partial charge in [0.05, 0.1) is 11.2 Å². The van der Waals surface area contributed by atoms with Gasteiger partial charge in [0, 0.05) is 5.69 Å². The van der Waals surface area contributed by atoms with Crippen LogP contribution in [0.4, 0.5) is 5.69 Å². The van der Waals surface area contributed by atoms with Crippen LogP contribution in [0.25, 0.3) is 0 Å². The molecular weight excluding hydrogens is 337 g/mol. The summed E-state index contributed by atoms with van der Waals surface area (Å²) in [5.41, 5.74) is 1.28. The lowest BCUT2D eigenvalue weighted by Gasteiger charge is -2.11. The van der Waals surface area contributed by atoms with E-state index in [2.05, 4.69) is 24.3 Å². The van der Waals surface area contributed by atoms with Crippen molar-refractivity contribution >= 4 is 34.8 Å². The molecule has 1 amide bonds. The molecule has 0 unspecified atom stereocenters. The summed E-state index contributed by atoms with van der Waals surface area (Å²) in [5, 5.41) is 6.43. The molecule has 0 aliphatic carbocycles. The highest BCUT2D eigenvalue weighted by Crippen LogP contribution is 2.20. The van der Waals surface area contributed by atoms with Gasteiger partial charge in [-0.15, -0.1) is 0 Å². The lowest BCUT2D eigenvalue weighted by molar-refractivity contribution is -0.117. The van der Waals surface area contributed by atoms with Crippen LogP contribution in [0.15, 0.2) is 35.3 Å². The summed E-state index contributed by atoms with van der Waals surface area (Å²) in [5.74, 6) is 0.105. The summed E-state index contributed by atoms with van der Waals surface area (Å²) in [6.07, 6.45) is 2.29. The van der Waals surface area contributed by atoms with Gasteiger partial charge >= 0.3 is 0 Å². The molecule has 1 heterocycles. The standard InChI is InChI=1S/C16H17Cl2N3O2/c1-3-10(2)11-4-6-12(7-5-11)20-14(22)9-21-16(23)15(18)13(17)8-19-21/h4-8,10H,3,9H2,1-2H3,(H,20,22)/t10-/m0/s1. The van der Waals surface area contributed by atoms with E-state index in [1.54, 1.807) is 0 Å². The fourth-order valence-electron chi connectivity index (χ4n) is 2.02. The van der Waals surface area contributed by atoms with Crippen LogP contribution < -0.4 is 10.9 Å². The van der Waals surface area contributed by atoms with Crippen molar-refractivity contribution in [3.8, 4) is 0 Å². The summed E-state index contributed by atoms with van der Waals surface area (Å²) in [6.45, 7) is 4.04. The van der Waals surface area contributed by atoms with E-state index in [0.717, 1.165) is 11.1 Å². The van der Waals surface area contributed by atoms with E-state index in [1.165, 1.54) is 11.8 Å². The number of amides is 1. The first kappa shape index (κ1) is 17.5. The molecule has 0 saturated heterocycles. The van der Waals surface area contributed by atoms with Gasteiger partial charge in [-0.05, 0) is 30.0 Å². The highest BCUT2D eigenvalue weighted by atomic mass is 35.5. The van der Waals surface area contributed by atoms with E-state index >= 15 is 0 Å². The molecular formula is C16H17Cl2N3O2. The Labute approximate surface area is 144 Å². The fourth-order valence-corrected chi connectivity index (χ4v) is 2.30. The van der Waals surface area contributed by atoms with Gasteiger partial charge in [-0.25, -0.2) is 4.68 Å². The number of nitrogens with zero attached hydrogens (tertiary/aromatic N) is 2. The Balaban J connectivity index is 2.05. The maximum atomic E-state index is 12.0. The van der Waals surface area contributed by atoms with Crippen molar-refractivity contribution in [1.82, 2.24) is 9.78 Å². The summed E-state index contributed by atoms with van der Waals surface area (Å²) < 4.78 is 0.969. The molecule has 2 rings (SSSR count). The maximum Gasteiger partial charge on any atom is 0.287 e. The molecule has 0 bridgehead atoms. The molecule has 0 aliphatic rings. The molecule has 0 radical (unpaired) electrons. The zero-order chi connectivity index (χ0) is 17.0. The van der Waals surface area contributed by atoms with E-state index in [9.17, 15) is 9.59 Å². The minimum absolute atomic E-state index is 0.0638. The summed E-state index contributed by atoms with van der Waals surface area (Å²) in [6, 6.07) is 7.63. The lowest BCUT2D eigenvalue weighted by Crippen LogP contribution is -2.29. The van der Waals surface area contributed by atoms with Crippen molar-refractivity contribution in [2.24, 2.45) is 0 Å². The molecule has 1 atom stereocenters. The largest absolute Gasteiger partial charge is 0.324 e. The van der Waals surface area contributed by atoms with Gasteiger partial charge in [-0.2, -0.15) is 5.10 Å². The van der Waals surface area contributed by atoms with Crippen LogP contribution in [0.3, 0.4) is 0 Å². The third-order valence-electron chi connectivity index (χ3n) is 3.61. The SMILES string of the molecule is CC[C@H](C)c1ccc(NC(=O)Cn2ncc(Cl)c(Cl)c2=O)cc1. The average Bonchev–Trinajstić information content (AvgIpc) is 2.55. The van der Waals surface area contributed by atoms with Gasteiger partial charge in [0.15, 0.2) is 0 Å². The van der Waals surface area contributed by atoms with E-state index in [0.29, 0.717) is 11.6 Å². The van der Waals surface area contributed by atoms with Gasteiger partial charge in [-0.3, -0.25) is 9.59 Å². The second-order valence-corrected chi connectivity index (χ2v) is 6.03. The van der Waals surface area contributed by atoms with Crippen LogP contribution in [0, 0.1) is 0 Å². The van der Waals surface area contributed by atoms with Crippen molar-refractivity contribution in [3.05, 3.63) is 56.4 Å². The van der Waals surface area contributed by atoms with Crippen LogP contribution in [-0.2, 0) is 11.3 Å². The van der Waals surface area contributed by atoms with E-state index in [1.807, 2.05) is 24.3 Å². The zero-order valence-electron chi connectivity index (χ0n) is 12.8. The van der Waals surface area contributed by atoms with Gasteiger partial charge < -0.3 is 5.32 Å². The number of rotatable bonds is 5. The Morgan fingerprint density at radius 2 is 1.96 bits per heavy atom. The number of carbonyl (C=O) groups is 1. The summed E-state index contributed by atoms with van der Waals surface area (Å²) in [7, 11) is 0. The second-order valence-electron chi connectivity index (χ2n) is 5.25. The van der Waals surface area contributed by atoms with Crippen LogP contribution in [0.2, 0.25) is 10.0 Å². The molecule has 0 fully saturated rings. The Hall–Kier alpha value is -1.85. The van der Waals surface area contributed by atoms with Crippen molar-refractivity contribution in [1.29, 1.82) is 0 Å². The van der Waals surface area contributed by atoms with Crippen molar-refractivity contribution in [3.63, 3.8) is 0 Å². The normalized spacial score (nSPS) is 12.0. The average molecular weight is 354 g/mol. The second kappa shape index (κ2) is 7.62. The molecule has 122 valence electrons. The predicted octanol–water partition coefficient (Wildman–Crippen LogP) is 3.70. The first-order chi connectivity index (χ1) is 10.9. The first-order valence-corrected chi connectivity index (χ1v) is 7.99. The monoisotopic (exact) mass is 353 g/mol. The lowest BCUT2D eigenvalue weighted by atomic mass is 9.99. The molecule has 1 N–H and O–H groups in total. The number of hydrogen-bond donors (Lipinski definition) is 1. The molecule has 5 nitrogen and oxygen atoms in total. The van der Waals surface area contributed by atoms with Crippen LogP contribution in [-0.4, -0.2) is 15.7 Å². The first-order valence-electron chi connectivity index (χ1n) is 7.23. The Bertz CT molecular complexity index is 757. The summed E-state index contributed by atoms with van der Waals surface area (Å²) in [4.78, 5) is 23.9. The molecule has 23 heavy (non-hydrogen) atoms. The van der Waals surface area contributed by atoms with Crippen molar-refractivity contribution in [2.75, 3.05) is 5.32 Å². The van der Waals surface area contributed by atoms with E-state index in [-0.39, 0.29) is 22.5 Å². The maximum absolute atomic E-state index is 12.0. The van der Waals surface area contributed by atoms with Crippen molar-refractivity contribution in [2.45, 2.75) is 32.7 Å². The number of nitrogens with one attached hydrogen (secondary N) is 1. The third kappa shape index (κ3) is 4.33. The van der Waals surface area contributed by atoms with Crippen molar-refractivity contribution < 1.29 is 4.79 Å². The van der Waals surface area contributed by atoms with Gasteiger partial charge in [0.25, 0.3) is 5.56 Å². The van der Waals surface area contributed by atoms with Crippen LogP contribution in [0.5, 0.6) is 0 Å². The Morgan fingerprint density at radius 3 is 2.57 bits per heavy atom. The molecule has 1 aromatic carbocycles. The van der Waals surface area contributed by atoms with Crippen LogP contribution in [0.1, 0.15) is 31.7 Å². The number of benzene rings is 1. The number of halogens is 2. The number of anilines is 1. The highest BCUT2D eigenvalue weighted by Gasteiger charge is 2.11. The van der Waals surface area contributed by atoms with Gasteiger partial charge in [0.2, 0.25) is 5.91 Å². The topological polar surface area (TPSA) is 64.0 Å². The zero-order valence-corrected chi connectivity index (χ0v) is 14.4. The molecule has 0 aliphatic heterocycles. The Kier molecular flexibility index (Phi) is 5.80. The predicted molar refractivity (Wildman–Crippen MR) is 92.3 cm³/mol. The summed E-state index contributed by atoms with van der Waals surface area (Å²) >= 11 is 11.4. The molecule has 0 spiro atoms. The van der Waals surface area contributed by atoms with Gasteiger partial charge in [0.1, 0.15) is 11.6 Å². The third-order valence-corrected chi connectivity index (χ3v) is 4.36. The quantitative estimate of drug-likeness (QED) is 0.890. The number of carbonyl (C=O) groups excluding carboxylic acids is 1. The minimum atomic E-state index is -0.596. The van der Waals surface area contributed by atoms with Gasteiger partial charge in [-0.1, -0.05) is 49.2 Å². The number of aromatic nitrogens is 2.